The average molecular weight is 917 g/mol. The maximum absolute atomic E-state index is 13.8. The van der Waals surface area contributed by atoms with Crippen molar-refractivity contribution in [2.45, 2.75) is 52.0 Å². The predicted molar refractivity (Wildman–Crippen MR) is 253 cm³/mol. The van der Waals surface area contributed by atoms with Gasteiger partial charge in [-0.3, -0.25) is 27.9 Å². The number of rotatable bonds is 12. The van der Waals surface area contributed by atoms with E-state index in [1.807, 2.05) is 31.3 Å². The van der Waals surface area contributed by atoms with Crippen LogP contribution in [0.3, 0.4) is 0 Å². The predicted octanol–water partition coefficient (Wildman–Crippen LogP) is 7.55. The highest BCUT2D eigenvalue weighted by atomic mass is 32.1. The van der Waals surface area contributed by atoms with Gasteiger partial charge >= 0.3 is 11.4 Å². The van der Waals surface area contributed by atoms with Crippen LogP contribution in [-0.2, 0) is 41.8 Å². The zero-order valence-corrected chi connectivity index (χ0v) is 38.5. The lowest BCUT2D eigenvalue weighted by Crippen LogP contribution is -2.39. The summed E-state index contributed by atoms with van der Waals surface area (Å²) in [5.74, 6) is 1.06. The molecule has 0 aliphatic carbocycles. The highest BCUT2D eigenvalue weighted by Gasteiger charge is 2.25. The van der Waals surface area contributed by atoms with Gasteiger partial charge in [-0.2, -0.15) is 17.5 Å². The second kappa shape index (κ2) is 15.8. The van der Waals surface area contributed by atoms with Crippen molar-refractivity contribution in [2.24, 2.45) is 35.2 Å². The molecular formula is C43H40N12O4S4. The van der Waals surface area contributed by atoms with Crippen LogP contribution in [0.1, 0.15) is 45.4 Å². The van der Waals surface area contributed by atoms with E-state index in [-0.39, 0.29) is 11.2 Å². The van der Waals surface area contributed by atoms with Crippen molar-refractivity contribution < 1.29 is 0 Å². The maximum atomic E-state index is 13.8. The van der Waals surface area contributed by atoms with E-state index < -0.39 is 11.2 Å². The number of imidazole rings is 2. The quantitative estimate of drug-likeness (QED) is 0.111. The number of fused-ring (bicyclic) bond motifs is 4. The molecular weight excluding hydrogens is 877 g/mol. The number of nitrogens with zero attached hydrogens (tertiary/aromatic N) is 12. The fourth-order valence-electron chi connectivity index (χ4n) is 8.41. The van der Waals surface area contributed by atoms with E-state index in [4.69, 9.17) is 23.1 Å². The number of thiophene rings is 2. The second-order valence-electron chi connectivity index (χ2n) is 15.7. The van der Waals surface area contributed by atoms with E-state index in [1.165, 1.54) is 33.6 Å². The Morgan fingerprint density at radius 1 is 0.460 bits per heavy atom. The summed E-state index contributed by atoms with van der Waals surface area (Å²) >= 11 is 5.56. The lowest BCUT2D eigenvalue weighted by Gasteiger charge is -2.09. The third kappa shape index (κ3) is 6.48. The summed E-state index contributed by atoms with van der Waals surface area (Å²) in [6.45, 7) is 2.56. The molecule has 0 atom stereocenters. The topological polar surface area (TPSA) is 175 Å². The molecule has 0 saturated carbocycles. The first-order valence-electron chi connectivity index (χ1n) is 20.5. The van der Waals surface area contributed by atoms with Crippen LogP contribution in [0.2, 0.25) is 0 Å². The summed E-state index contributed by atoms with van der Waals surface area (Å²) in [6, 6.07) is 16.4. The molecule has 0 radical (unpaired) electrons. The fourth-order valence-corrected chi connectivity index (χ4v) is 11.7. The molecule has 0 saturated heterocycles. The normalized spacial score (nSPS) is 12.0. The lowest BCUT2D eigenvalue weighted by atomic mass is 10.1. The van der Waals surface area contributed by atoms with Crippen LogP contribution in [0, 0.1) is 0 Å². The zero-order valence-electron chi connectivity index (χ0n) is 35.2. The lowest BCUT2D eigenvalue weighted by molar-refractivity contribution is 0.526. The molecule has 8 aromatic heterocycles. The number of hydrogen-bond acceptors (Lipinski definition) is 14. The Hall–Kier alpha value is -6.22. The Labute approximate surface area is 374 Å². The van der Waals surface area contributed by atoms with Crippen LogP contribution >= 0.6 is 46.1 Å². The van der Waals surface area contributed by atoms with Crippen molar-refractivity contribution in [3.05, 3.63) is 90.2 Å². The van der Waals surface area contributed by atoms with Gasteiger partial charge in [0.05, 0.1) is 23.5 Å². The highest BCUT2D eigenvalue weighted by molar-refractivity contribution is 7.25. The third-order valence-corrected chi connectivity index (χ3v) is 15.4. The summed E-state index contributed by atoms with van der Waals surface area (Å²) in [5.41, 5.74) is 5.94. The van der Waals surface area contributed by atoms with Crippen LogP contribution in [0.5, 0.6) is 0 Å². The molecule has 20 heteroatoms. The van der Waals surface area contributed by atoms with Crippen LogP contribution < -0.4 is 22.5 Å². The van der Waals surface area contributed by atoms with E-state index in [0.717, 1.165) is 101 Å². The Bertz CT molecular complexity index is 3700. The Morgan fingerprint density at radius 2 is 0.889 bits per heavy atom. The van der Waals surface area contributed by atoms with E-state index in [0.29, 0.717) is 57.1 Å². The number of benzene rings is 2. The zero-order chi connectivity index (χ0) is 43.8. The molecule has 0 spiro atoms. The first kappa shape index (κ1) is 40.8. The van der Waals surface area contributed by atoms with Gasteiger partial charge < -0.3 is 9.13 Å². The molecule has 8 heterocycles. The van der Waals surface area contributed by atoms with Crippen molar-refractivity contribution in [2.75, 3.05) is 0 Å². The van der Waals surface area contributed by atoms with Gasteiger partial charge in [-0.15, -0.1) is 22.7 Å². The van der Waals surface area contributed by atoms with Gasteiger partial charge in [0.1, 0.15) is 33.7 Å². The molecule has 320 valence electrons. The van der Waals surface area contributed by atoms with Crippen LogP contribution in [0.4, 0.5) is 0 Å². The summed E-state index contributed by atoms with van der Waals surface area (Å²) in [5, 5.41) is 0. The average Bonchev–Trinajstić information content (AvgIpc) is 4.15. The standard InChI is InChI=1S/C43H40N12O4S4/c1-7-8-9-10-11-12-21-55-41(57)35-39(53(5)43(55)59)45-37(51(35)3)25-16-14-23(31-33(25)49-63-47-31)27-18-20-29(61-27)28-19-17-26(60-28)22-13-15-24(32-30(22)46-62-48-32)36-44-38-34(50(36)2)40(56)54(6)42(58)52(38)4/h13-20H,7-12,21H2,1-6H3. The molecule has 63 heavy (non-hydrogen) atoms. The van der Waals surface area contributed by atoms with Gasteiger partial charge in [-0.05, 0) is 42.8 Å². The largest absolute Gasteiger partial charge is 0.332 e. The molecule has 0 amide bonds. The van der Waals surface area contributed by atoms with Gasteiger partial charge in [0, 0.05) is 83.5 Å². The minimum absolute atomic E-state index is 0.309. The van der Waals surface area contributed by atoms with Crippen molar-refractivity contribution in [1.29, 1.82) is 0 Å². The van der Waals surface area contributed by atoms with Crippen molar-refractivity contribution >= 4 is 90.5 Å². The van der Waals surface area contributed by atoms with Gasteiger partial charge in [0.25, 0.3) is 11.1 Å². The molecule has 0 fully saturated rings. The minimum atomic E-state index is -0.442. The van der Waals surface area contributed by atoms with Crippen molar-refractivity contribution in [1.82, 2.24) is 54.9 Å². The summed E-state index contributed by atoms with van der Waals surface area (Å²) in [4.78, 5) is 66.8. The van der Waals surface area contributed by atoms with E-state index in [9.17, 15) is 19.2 Å². The first-order valence-corrected chi connectivity index (χ1v) is 23.6. The fraction of sp³-hybridized carbons (Fsp3) is 0.302. The Balaban J connectivity index is 0.951. The van der Waals surface area contributed by atoms with Gasteiger partial charge in [0.15, 0.2) is 22.3 Å². The molecule has 16 nitrogen and oxygen atoms in total. The van der Waals surface area contributed by atoms with Gasteiger partial charge in [0.2, 0.25) is 0 Å². The molecule has 0 bridgehead atoms. The third-order valence-electron chi connectivity index (χ3n) is 11.9. The SMILES string of the molecule is CCCCCCCCn1c(=O)c2c(nc(-c3ccc(-c4ccc(-c5ccc(-c6ccc(-c7nc8c(c(=O)n(C)c(=O)n8C)n7C)c7nsnc67)s5)s4)c4nsnc34)n2C)n(C)c1=O. The van der Waals surface area contributed by atoms with E-state index >= 15 is 0 Å². The molecule has 10 rings (SSSR count). The molecule has 0 aliphatic heterocycles. The van der Waals surface area contributed by atoms with E-state index in [2.05, 4.69) is 35.6 Å². The second-order valence-corrected chi connectivity index (χ2v) is 18.9. The van der Waals surface area contributed by atoms with Crippen molar-refractivity contribution in [3.63, 3.8) is 0 Å². The first-order chi connectivity index (χ1) is 30.5. The number of aromatic nitrogens is 12. The van der Waals surface area contributed by atoms with Crippen molar-refractivity contribution in [3.8, 4) is 53.4 Å². The van der Waals surface area contributed by atoms with E-state index in [1.54, 1.807) is 53.0 Å². The summed E-state index contributed by atoms with van der Waals surface area (Å²) in [7, 11) is 8.32. The maximum Gasteiger partial charge on any atom is 0.332 e. The molecule has 10 aromatic rings. The highest BCUT2D eigenvalue weighted by Crippen LogP contribution is 2.44. The Morgan fingerprint density at radius 3 is 1.41 bits per heavy atom. The number of unbranched alkanes of at least 4 members (excludes halogenated alkanes) is 5. The molecule has 0 unspecified atom stereocenters. The summed E-state index contributed by atoms with van der Waals surface area (Å²) < 4.78 is 27.6. The number of hydrogen-bond donors (Lipinski definition) is 0. The molecule has 0 aliphatic rings. The molecule has 0 N–H and O–H groups in total. The number of aryl methyl sites for hydroxylation is 4. The summed E-state index contributed by atoms with van der Waals surface area (Å²) in [6.07, 6.45) is 6.35. The van der Waals surface area contributed by atoms with Gasteiger partial charge in [-0.25, -0.2) is 19.6 Å². The molecule has 2 aromatic carbocycles. The van der Waals surface area contributed by atoms with Gasteiger partial charge in [-0.1, -0.05) is 51.2 Å². The van der Waals surface area contributed by atoms with Crippen LogP contribution in [0.25, 0.3) is 97.8 Å². The smallest absolute Gasteiger partial charge is 0.321 e. The Kier molecular flexibility index (Phi) is 10.3. The van der Waals surface area contributed by atoms with Crippen LogP contribution in [-0.4, -0.2) is 54.9 Å². The monoisotopic (exact) mass is 916 g/mol. The minimum Gasteiger partial charge on any atom is -0.321 e. The van der Waals surface area contributed by atoms with Crippen LogP contribution in [0.15, 0.2) is 67.7 Å².